The van der Waals surface area contributed by atoms with Crippen LogP contribution in [0.5, 0.6) is 10.9 Å². The van der Waals surface area contributed by atoms with E-state index in [0.29, 0.717) is 52.6 Å². The van der Waals surface area contributed by atoms with E-state index in [0.717, 1.165) is 11.3 Å². The molecule has 0 aromatic carbocycles. The van der Waals surface area contributed by atoms with Gasteiger partial charge in [0.25, 0.3) is 11.1 Å². The number of ether oxygens (including phenoxy) is 4. The number of hydrogen-bond donors (Lipinski definition) is 1. The van der Waals surface area contributed by atoms with Crippen LogP contribution in [0.25, 0.3) is 21.8 Å². The summed E-state index contributed by atoms with van der Waals surface area (Å²) in [4.78, 5) is 21.3. The molecule has 1 aliphatic heterocycles. The number of amides is 1. The largest absolute Gasteiger partial charge is 0.494 e. The number of aryl methyl sites for hydroxylation is 1. The van der Waals surface area contributed by atoms with Crippen LogP contribution < -0.4 is 15.2 Å². The van der Waals surface area contributed by atoms with Crippen molar-refractivity contribution in [2.45, 2.75) is 58.0 Å². The number of hydrogen-bond acceptors (Lipinski definition) is 11. The predicted molar refractivity (Wildman–Crippen MR) is 159 cm³/mol. The molecule has 3 aromatic heterocycles. The minimum absolute atomic E-state index is 0.115. The van der Waals surface area contributed by atoms with Gasteiger partial charge in [-0.25, -0.2) is 9.97 Å². The van der Waals surface area contributed by atoms with Gasteiger partial charge in [-0.1, -0.05) is 48.8 Å². The molecule has 1 aliphatic rings. The average molecular weight is 622 g/mol. The summed E-state index contributed by atoms with van der Waals surface area (Å²) >= 11 is 7.30. The molecule has 2 N–H and O–H groups in total. The molecule has 0 aliphatic carbocycles. The van der Waals surface area contributed by atoms with Gasteiger partial charge in [0, 0.05) is 16.8 Å². The molecule has 2 unspecified atom stereocenters. The highest BCUT2D eigenvalue weighted by Crippen LogP contribution is 2.39. The highest BCUT2D eigenvalue weighted by Gasteiger charge is 2.38. The van der Waals surface area contributed by atoms with E-state index in [2.05, 4.69) is 54.0 Å². The van der Waals surface area contributed by atoms with Gasteiger partial charge in [-0.2, -0.15) is 0 Å². The Labute approximate surface area is 249 Å². The molecule has 2 atom stereocenters. The fourth-order valence-corrected chi connectivity index (χ4v) is 5.80. The quantitative estimate of drug-likeness (QED) is 0.245. The van der Waals surface area contributed by atoms with Gasteiger partial charge in [-0.3, -0.25) is 4.79 Å². The van der Waals surface area contributed by atoms with Crippen LogP contribution in [0, 0.1) is 6.92 Å². The highest BCUT2D eigenvalue weighted by molar-refractivity contribution is 7.16. The normalized spacial score (nSPS) is 17.9. The number of methoxy groups -OCH3 is 1. The Morgan fingerprint density at radius 2 is 1.83 bits per heavy atom. The molecule has 4 heterocycles. The summed E-state index contributed by atoms with van der Waals surface area (Å²) in [5.41, 5.74) is 7.96. The van der Waals surface area contributed by atoms with Crippen LogP contribution in [0.3, 0.4) is 0 Å². The van der Waals surface area contributed by atoms with Crippen molar-refractivity contribution in [3.05, 3.63) is 34.7 Å². The Morgan fingerprint density at radius 3 is 2.44 bits per heavy atom. The number of aromatic nitrogens is 4. The van der Waals surface area contributed by atoms with Crippen molar-refractivity contribution >= 4 is 37.2 Å². The van der Waals surface area contributed by atoms with Crippen molar-refractivity contribution in [3.63, 3.8) is 0 Å². The van der Waals surface area contributed by atoms with E-state index in [9.17, 15) is 4.79 Å². The zero-order valence-corrected chi connectivity index (χ0v) is 26.9. The van der Waals surface area contributed by atoms with Gasteiger partial charge in [-0.05, 0) is 37.2 Å². The first kappa shape index (κ1) is 31.3. The van der Waals surface area contributed by atoms with E-state index >= 15 is 0 Å². The van der Waals surface area contributed by atoms with Gasteiger partial charge in [0.1, 0.15) is 35.4 Å². The number of carbonyl (C=O) groups excluding carboxylic acids is 1. The summed E-state index contributed by atoms with van der Waals surface area (Å²) in [6.45, 7) is 14.4. The first-order valence-corrected chi connectivity index (χ1v) is 17.2. The van der Waals surface area contributed by atoms with E-state index in [-0.39, 0.29) is 40.3 Å². The Bertz CT molecular complexity index is 1390. The third kappa shape index (κ3) is 7.40. The molecule has 1 fully saturated rings. The van der Waals surface area contributed by atoms with Crippen LogP contribution in [0.2, 0.25) is 23.3 Å². The summed E-state index contributed by atoms with van der Waals surface area (Å²) in [6, 6.07) is 3.34. The van der Waals surface area contributed by atoms with Crippen LogP contribution in [-0.2, 0) is 13.9 Å². The Kier molecular flexibility index (Phi) is 9.66. The molecule has 1 saturated heterocycles. The van der Waals surface area contributed by atoms with Crippen molar-refractivity contribution < 1.29 is 28.2 Å². The van der Waals surface area contributed by atoms with Gasteiger partial charge in [-0.15, -0.1) is 5.10 Å². The lowest BCUT2D eigenvalue weighted by Gasteiger charge is -2.38. The molecule has 0 bridgehead atoms. The summed E-state index contributed by atoms with van der Waals surface area (Å²) < 4.78 is 29.5. The van der Waals surface area contributed by atoms with Crippen LogP contribution in [0.4, 0.5) is 0 Å². The van der Waals surface area contributed by atoms with Gasteiger partial charge < -0.3 is 29.1 Å². The Morgan fingerprint density at radius 1 is 1.15 bits per heavy atom. The number of nitrogens with zero attached hydrogens (tertiary/aromatic N) is 4. The van der Waals surface area contributed by atoms with Crippen LogP contribution in [-0.4, -0.2) is 80.1 Å². The molecule has 14 heteroatoms. The fourth-order valence-electron chi connectivity index (χ4n) is 3.90. The summed E-state index contributed by atoms with van der Waals surface area (Å²) in [7, 11) is -0.353. The molecule has 3 aromatic rings. The van der Waals surface area contributed by atoms with Crippen LogP contribution >= 0.6 is 22.9 Å². The zero-order chi connectivity index (χ0) is 29.9. The standard InChI is InChI=1S/C27H36ClN5O6SSi/c1-15-8-19(18-9-21(28)30-10-20(18)35-5)22(24(29)34)23(31-15)25-32-33-26(40-25)38-13-16-11-37-17(12-36-16)14-39-41(6,7)27(2,3)4/h8-10,16-17H,11-14H2,1-7H3,(H2,29,34). The molecule has 0 radical (unpaired) electrons. The maximum absolute atomic E-state index is 12.7. The maximum Gasteiger partial charge on any atom is 0.294 e. The maximum atomic E-state index is 12.7. The molecule has 0 saturated carbocycles. The van der Waals surface area contributed by atoms with Crippen molar-refractivity contribution in [2.24, 2.45) is 5.73 Å². The minimum atomic E-state index is -1.86. The van der Waals surface area contributed by atoms with Crippen molar-refractivity contribution in [1.29, 1.82) is 0 Å². The Balaban J connectivity index is 1.44. The fraction of sp³-hybridized carbons (Fsp3) is 0.519. The first-order valence-electron chi connectivity index (χ1n) is 13.1. The average Bonchev–Trinajstić information content (AvgIpc) is 3.39. The molecule has 4 rings (SSSR count). The predicted octanol–water partition coefficient (Wildman–Crippen LogP) is 4.92. The number of halogens is 1. The van der Waals surface area contributed by atoms with Gasteiger partial charge in [0.05, 0.1) is 38.7 Å². The molecular formula is C27H36ClN5O6SSi. The van der Waals surface area contributed by atoms with Gasteiger partial charge in [0.2, 0.25) is 0 Å². The second kappa shape index (κ2) is 12.7. The monoisotopic (exact) mass is 621 g/mol. The lowest BCUT2D eigenvalue weighted by molar-refractivity contribution is -0.151. The number of rotatable bonds is 10. The molecular weight excluding hydrogens is 586 g/mol. The van der Waals surface area contributed by atoms with E-state index in [1.165, 1.54) is 13.3 Å². The van der Waals surface area contributed by atoms with Gasteiger partial charge in [0.15, 0.2) is 13.3 Å². The van der Waals surface area contributed by atoms with Crippen molar-refractivity contribution in [3.8, 4) is 32.8 Å². The van der Waals surface area contributed by atoms with E-state index in [1.54, 1.807) is 19.1 Å². The minimum Gasteiger partial charge on any atom is -0.494 e. The summed E-state index contributed by atoms with van der Waals surface area (Å²) in [5.74, 6) is -0.256. The smallest absolute Gasteiger partial charge is 0.294 e. The third-order valence-corrected chi connectivity index (χ3v) is 12.8. The molecule has 11 nitrogen and oxygen atoms in total. The topological polar surface area (TPSA) is 141 Å². The van der Waals surface area contributed by atoms with Crippen LogP contribution in [0.15, 0.2) is 18.3 Å². The molecule has 222 valence electrons. The number of nitrogens with two attached hydrogens (primary N) is 1. The SMILES string of the molecule is COc1cnc(Cl)cc1-c1cc(C)nc(-c2nnc(OCC3COC(CO[Si](C)(C)C(C)(C)C)CO3)s2)c1C(N)=O. The first-order chi connectivity index (χ1) is 19.3. The lowest BCUT2D eigenvalue weighted by atomic mass is 9.97. The van der Waals surface area contributed by atoms with E-state index < -0.39 is 14.2 Å². The van der Waals surface area contributed by atoms with Crippen molar-refractivity contribution in [1.82, 2.24) is 20.2 Å². The summed E-state index contributed by atoms with van der Waals surface area (Å²) in [6.07, 6.45) is 1.10. The second-order valence-electron chi connectivity index (χ2n) is 11.3. The highest BCUT2D eigenvalue weighted by atomic mass is 35.5. The van der Waals surface area contributed by atoms with Gasteiger partial charge >= 0.3 is 0 Å². The van der Waals surface area contributed by atoms with E-state index in [1.807, 2.05) is 0 Å². The third-order valence-electron chi connectivity index (χ3n) is 7.21. The van der Waals surface area contributed by atoms with E-state index in [4.69, 9.17) is 40.7 Å². The van der Waals surface area contributed by atoms with Crippen molar-refractivity contribution in [2.75, 3.05) is 33.5 Å². The molecule has 0 spiro atoms. The zero-order valence-electron chi connectivity index (χ0n) is 24.3. The lowest BCUT2D eigenvalue weighted by Crippen LogP contribution is -2.46. The number of primary amides is 1. The Hall–Kier alpha value is -2.68. The summed E-state index contributed by atoms with van der Waals surface area (Å²) in [5, 5.41) is 9.41. The van der Waals surface area contributed by atoms with Crippen LogP contribution in [0.1, 0.15) is 36.8 Å². The number of carbonyl (C=O) groups is 1. The molecule has 1 amide bonds. The second-order valence-corrected chi connectivity index (χ2v) is 17.4. The number of pyridine rings is 2. The molecule has 41 heavy (non-hydrogen) atoms.